The van der Waals surface area contributed by atoms with Crippen molar-refractivity contribution in [3.05, 3.63) is 35.4 Å². The monoisotopic (exact) mass is 308 g/mol. The minimum absolute atomic E-state index is 0.0353. The first-order chi connectivity index (χ1) is 9.96. The Hall–Kier alpha value is -1.56. The second-order valence-electron chi connectivity index (χ2n) is 5.87. The van der Waals surface area contributed by atoms with Gasteiger partial charge in [0.2, 0.25) is 0 Å². The lowest BCUT2D eigenvalue weighted by atomic mass is 9.95. The molecule has 114 valence electrons. The molecule has 2 amide bonds. The van der Waals surface area contributed by atoms with Gasteiger partial charge in [-0.2, -0.15) is 0 Å². The molecule has 3 rings (SSSR count). The SMILES string of the molecule is CC1Cc2ccccc2CN1C(=O)N1CCS(=O)(=O)CC1. The standard InChI is InChI=1S/C15H20N2O3S/c1-12-10-13-4-2-3-5-14(13)11-17(12)15(18)16-6-8-21(19,20)9-7-16/h2-5,12H,6-11H2,1H3. The van der Waals surface area contributed by atoms with Gasteiger partial charge in [0.15, 0.2) is 9.84 Å². The van der Waals surface area contributed by atoms with Crippen LogP contribution in [0.5, 0.6) is 0 Å². The molecule has 0 N–H and O–H groups in total. The summed E-state index contributed by atoms with van der Waals surface area (Å²) in [5, 5.41) is 0. The third-order valence-electron chi connectivity index (χ3n) is 4.37. The van der Waals surface area contributed by atoms with Gasteiger partial charge in [-0.15, -0.1) is 0 Å². The fourth-order valence-electron chi connectivity index (χ4n) is 3.02. The van der Waals surface area contributed by atoms with E-state index in [4.69, 9.17) is 0 Å². The Morgan fingerprint density at radius 3 is 2.43 bits per heavy atom. The highest BCUT2D eigenvalue weighted by atomic mass is 32.2. The number of urea groups is 1. The highest BCUT2D eigenvalue weighted by Gasteiger charge is 2.32. The van der Waals surface area contributed by atoms with Crippen molar-refractivity contribution in [2.45, 2.75) is 25.9 Å². The van der Waals surface area contributed by atoms with E-state index in [1.807, 2.05) is 17.0 Å². The van der Waals surface area contributed by atoms with Crippen LogP contribution in [-0.4, -0.2) is 54.9 Å². The van der Waals surface area contributed by atoms with Crippen LogP contribution in [0.1, 0.15) is 18.1 Å². The smallest absolute Gasteiger partial charge is 0.320 e. The first-order valence-electron chi connectivity index (χ1n) is 7.29. The van der Waals surface area contributed by atoms with Gasteiger partial charge in [0.1, 0.15) is 0 Å². The molecule has 21 heavy (non-hydrogen) atoms. The molecule has 0 spiro atoms. The first-order valence-corrected chi connectivity index (χ1v) is 9.11. The number of amides is 2. The van der Waals surface area contributed by atoms with Crippen molar-refractivity contribution >= 4 is 15.9 Å². The predicted octanol–water partition coefficient (Wildman–Crippen LogP) is 1.28. The van der Waals surface area contributed by atoms with Crippen LogP contribution < -0.4 is 0 Å². The van der Waals surface area contributed by atoms with E-state index in [1.54, 1.807) is 4.90 Å². The number of carbonyl (C=O) groups excluding carboxylic acids is 1. The Labute approximate surface area is 125 Å². The topological polar surface area (TPSA) is 57.7 Å². The van der Waals surface area contributed by atoms with E-state index in [0.717, 1.165) is 6.42 Å². The molecular formula is C15H20N2O3S. The Bertz CT molecular complexity index is 643. The molecule has 1 aromatic rings. The lowest BCUT2D eigenvalue weighted by Gasteiger charge is -2.39. The average molecular weight is 308 g/mol. The van der Waals surface area contributed by atoms with Gasteiger partial charge in [-0.25, -0.2) is 13.2 Å². The third-order valence-corrected chi connectivity index (χ3v) is 5.98. The molecule has 6 heteroatoms. The van der Waals surface area contributed by atoms with Gasteiger partial charge >= 0.3 is 6.03 Å². The maximum atomic E-state index is 12.6. The van der Waals surface area contributed by atoms with Gasteiger partial charge in [-0.1, -0.05) is 24.3 Å². The molecule has 1 unspecified atom stereocenters. The number of benzene rings is 1. The van der Waals surface area contributed by atoms with Gasteiger partial charge in [0, 0.05) is 25.7 Å². The third kappa shape index (κ3) is 2.90. The van der Waals surface area contributed by atoms with Crippen molar-refractivity contribution in [2.75, 3.05) is 24.6 Å². The van der Waals surface area contributed by atoms with Crippen molar-refractivity contribution < 1.29 is 13.2 Å². The van der Waals surface area contributed by atoms with Gasteiger partial charge in [0.25, 0.3) is 0 Å². The summed E-state index contributed by atoms with van der Waals surface area (Å²) < 4.78 is 22.9. The lowest BCUT2D eigenvalue weighted by molar-refractivity contribution is 0.131. The van der Waals surface area contributed by atoms with E-state index in [-0.39, 0.29) is 23.6 Å². The van der Waals surface area contributed by atoms with Crippen LogP contribution in [0.2, 0.25) is 0 Å². The fraction of sp³-hybridized carbons (Fsp3) is 0.533. The second-order valence-corrected chi connectivity index (χ2v) is 8.17. The quantitative estimate of drug-likeness (QED) is 0.725. The normalized spacial score (nSPS) is 24.5. The molecule has 2 aliphatic heterocycles. The Morgan fingerprint density at radius 2 is 1.76 bits per heavy atom. The number of hydrogen-bond acceptors (Lipinski definition) is 3. The van der Waals surface area contributed by atoms with Gasteiger partial charge < -0.3 is 9.80 Å². The zero-order valence-corrected chi connectivity index (χ0v) is 13.0. The maximum absolute atomic E-state index is 12.6. The number of hydrogen-bond donors (Lipinski definition) is 0. The minimum atomic E-state index is -2.95. The van der Waals surface area contributed by atoms with E-state index < -0.39 is 9.84 Å². The molecule has 0 aliphatic carbocycles. The number of rotatable bonds is 0. The minimum Gasteiger partial charge on any atom is -0.323 e. The first kappa shape index (κ1) is 14.4. The molecule has 2 heterocycles. The van der Waals surface area contributed by atoms with Crippen molar-refractivity contribution in [3.63, 3.8) is 0 Å². The van der Waals surface area contributed by atoms with Crippen molar-refractivity contribution in [1.82, 2.24) is 9.80 Å². The van der Waals surface area contributed by atoms with Gasteiger partial charge in [-0.3, -0.25) is 0 Å². The van der Waals surface area contributed by atoms with E-state index in [9.17, 15) is 13.2 Å². The lowest BCUT2D eigenvalue weighted by Crippen LogP contribution is -2.53. The summed E-state index contributed by atoms with van der Waals surface area (Å²) in [4.78, 5) is 16.2. The summed E-state index contributed by atoms with van der Waals surface area (Å²) >= 11 is 0. The molecule has 1 fully saturated rings. The average Bonchev–Trinajstić information content (AvgIpc) is 2.46. The predicted molar refractivity (Wildman–Crippen MR) is 80.8 cm³/mol. The summed E-state index contributed by atoms with van der Waals surface area (Å²) in [5.41, 5.74) is 2.49. The van der Waals surface area contributed by atoms with Crippen molar-refractivity contribution in [3.8, 4) is 0 Å². The molecule has 1 atom stereocenters. The molecular weight excluding hydrogens is 288 g/mol. The van der Waals surface area contributed by atoms with Crippen LogP contribution >= 0.6 is 0 Å². The summed E-state index contributed by atoms with van der Waals surface area (Å²) in [5.74, 6) is 0.162. The number of carbonyl (C=O) groups is 1. The number of sulfone groups is 1. The van der Waals surface area contributed by atoms with Crippen LogP contribution in [0.3, 0.4) is 0 Å². The van der Waals surface area contributed by atoms with Gasteiger partial charge in [-0.05, 0) is 24.5 Å². The number of fused-ring (bicyclic) bond motifs is 1. The van der Waals surface area contributed by atoms with Crippen LogP contribution in [0.15, 0.2) is 24.3 Å². The summed E-state index contributed by atoms with van der Waals surface area (Å²) in [6.45, 7) is 3.28. The molecule has 1 aromatic carbocycles. The Kier molecular flexibility index (Phi) is 3.65. The highest BCUT2D eigenvalue weighted by molar-refractivity contribution is 7.91. The molecule has 1 saturated heterocycles. The molecule has 0 radical (unpaired) electrons. The Balaban J connectivity index is 1.74. The molecule has 2 aliphatic rings. The van der Waals surface area contributed by atoms with E-state index in [2.05, 4.69) is 19.1 Å². The zero-order valence-electron chi connectivity index (χ0n) is 12.2. The maximum Gasteiger partial charge on any atom is 0.320 e. The van der Waals surface area contributed by atoms with Crippen LogP contribution in [0.25, 0.3) is 0 Å². The second kappa shape index (κ2) is 5.33. The van der Waals surface area contributed by atoms with Gasteiger partial charge in [0.05, 0.1) is 11.5 Å². The van der Waals surface area contributed by atoms with Crippen molar-refractivity contribution in [2.24, 2.45) is 0 Å². The largest absolute Gasteiger partial charge is 0.323 e. The van der Waals surface area contributed by atoms with Crippen LogP contribution in [0, 0.1) is 0 Å². The van der Waals surface area contributed by atoms with Crippen LogP contribution in [-0.2, 0) is 22.8 Å². The van der Waals surface area contributed by atoms with E-state index in [0.29, 0.717) is 19.6 Å². The molecule has 0 saturated carbocycles. The summed E-state index contributed by atoms with van der Waals surface area (Å²) in [6.07, 6.45) is 0.855. The zero-order chi connectivity index (χ0) is 15.0. The molecule has 0 bridgehead atoms. The fourth-order valence-corrected chi connectivity index (χ4v) is 4.22. The Morgan fingerprint density at radius 1 is 1.14 bits per heavy atom. The highest BCUT2D eigenvalue weighted by Crippen LogP contribution is 2.24. The summed E-state index contributed by atoms with van der Waals surface area (Å²) in [7, 11) is -2.95. The van der Waals surface area contributed by atoms with E-state index in [1.165, 1.54) is 11.1 Å². The molecule has 0 aromatic heterocycles. The number of nitrogens with zero attached hydrogens (tertiary/aromatic N) is 2. The van der Waals surface area contributed by atoms with Crippen molar-refractivity contribution in [1.29, 1.82) is 0 Å². The summed E-state index contributed by atoms with van der Waals surface area (Å²) in [6, 6.07) is 8.30. The van der Waals surface area contributed by atoms with Crippen LogP contribution in [0.4, 0.5) is 4.79 Å². The molecule has 5 nitrogen and oxygen atoms in total. The van der Waals surface area contributed by atoms with E-state index >= 15 is 0 Å².